The van der Waals surface area contributed by atoms with Crippen LogP contribution in [0.2, 0.25) is 0 Å². The highest BCUT2D eigenvalue weighted by Crippen LogP contribution is 2.23. The molecule has 0 aliphatic carbocycles. The summed E-state index contributed by atoms with van der Waals surface area (Å²) >= 11 is 2.22. The fourth-order valence-corrected chi connectivity index (χ4v) is 1.36. The van der Waals surface area contributed by atoms with Crippen molar-refractivity contribution in [2.75, 3.05) is 5.73 Å². The highest BCUT2D eigenvalue weighted by molar-refractivity contribution is 14.1. The van der Waals surface area contributed by atoms with Crippen LogP contribution in [0.5, 0.6) is 0 Å². The van der Waals surface area contributed by atoms with Gasteiger partial charge in [-0.3, -0.25) is 4.98 Å². The van der Waals surface area contributed by atoms with Crippen LogP contribution < -0.4 is 5.73 Å². The molecule has 3 heteroatoms. The van der Waals surface area contributed by atoms with Gasteiger partial charge in [-0.15, -0.1) is 0 Å². The fraction of sp³-hybridized carbons (Fsp3) is 0.375. The van der Waals surface area contributed by atoms with Crippen molar-refractivity contribution < 1.29 is 0 Å². The molecule has 2 N–H and O–H groups in total. The summed E-state index contributed by atoms with van der Waals surface area (Å²) in [6.07, 6.45) is 1.80. The number of halogens is 1. The van der Waals surface area contributed by atoms with Crippen molar-refractivity contribution in [3.63, 3.8) is 0 Å². The third-order valence-corrected chi connectivity index (χ3v) is 2.46. The van der Waals surface area contributed by atoms with Gasteiger partial charge in [0.25, 0.3) is 0 Å². The predicted molar refractivity (Wildman–Crippen MR) is 55.5 cm³/mol. The second-order valence-electron chi connectivity index (χ2n) is 2.75. The Labute approximate surface area is 80.3 Å². The summed E-state index contributed by atoms with van der Waals surface area (Å²) in [6.45, 7) is 4.18. The number of nitrogens with two attached hydrogens (primary N) is 1. The fourth-order valence-electron chi connectivity index (χ4n) is 0.925. The Morgan fingerprint density at radius 2 is 2.18 bits per heavy atom. The van der Waals surface area contributed by atoms with Crippen molar-refractivity contribution in [2.24, 2.45) is 0 Å². The summed E-state index contributed by atoms with van der Waals surface area (Å²) in [7, 11) is 0. The van der Waals surface area contributed by atoms with Crippen LogP contribution >= 0.6 is 22.6 Å². The van der Waals surface area contributed by atoms with E-state index < -0.39 is 0 Å². The number of aromatic nitrogens is 1. The molecule has 0 atom stereocenters. The number of hydrogen-bond acceptors (Lipinski definition) is 2. The molecule has 0 radical (unpaired) electrons. The molecular weight excluding hydrogens is 251 g/mol. The van der Waals surface area contributed by atoms with Crippen LogP contribution in [-0.2, 0) is 0 Å². The number of pyridine rings is 1. The van der Waals surface area contributed by atoms with Crippen molar-refractivity contribution in [3.05, 3.63) is 21.5 Å². The lowest BCUT2D eigenvalue weighted by molar-refractivity contribution is 0.825. The van der Waals surface area contributed by atoms with Gasteiger partial charge >= 0.3 is 0 Å². The van der Waals surface area contributed by atoms with Crippen molar-refractivity contribution in [2.45, 2.75) is 19.8 Å². The Morgan fingerprint density at radius 3 is 2.64 bits per heavy atom. The standard InChI is InChI=1S/C8H11IN2/c1-5(2)8-7(10)6(9)3-4-11-8/h3-5H,10H2,1-2H3. The lowest BCUT2D eigenvalue weighted by Gasteiger charge is -2.08. The minimum atomic E-state index is 0.407. The van der Waals surface area contributed by atoms with E-state index in [4.69, 9.17) is 5.73 Å². The van der Waals surface area contributed by atoms with Crippen molar-refractivity contribution in [1.29, 1.82) is 0 Å². The van der Waals surface area contributed by atoms with E-state index in [1.807, 2.05) is 6.07 Å². The Balaban J connectivity index is 3.17. The van der Waals surface area contributed by atoms with Crippen LogP contribution in [0, 0.1) is 3.57 Å². The van der Waals surface area contributed by atoms with E-state index in [2.05, 4.69) is 41.4 Å². The van der Waals surface area contributed by atoms with Gasteiger partial charge in [-0.05, 0) is 34.6 Å². The number of nitrogens with zero attached hydrogens (tertiary/aromatic N) is 1. The molecule has 0 spiro atoms. The van der Waals surface area contributed by atoms with Gasteiger partial charge in [0.05, 0.1) is 11.4 Å². The van der Waals surface area contributed by atoms with Gasteiger partial charge in [0, 0.05) is 9.77 Å². The van der Waals surface area contributed by atoms with Crippen LogP contribution in [0.3, 0.4) is 0 Å². The summed E-state index contributed by atoms with van der Waals surface area (Å²) in [5.41, 5.74) is 7.63. The molecule has 2 nitrogen and oxygen atoms in total. The largest absolute Gasteiger partial charge is 0.396 e. The van der Waals surface area contributed by atoms with Gasteiger partial charge in [0.15, 0.2) is 0 Å². The molecule has 60 valence electrons. The summed E-state index contributed by atoms with van der Waals surface area (Å²) in [5.74, 6) is 0.407. The third kappa shape index (κ3) is 1.83. The van der Waals surface area contributed by atoms with Crippen LogP contribution in [0.15, 0.2) is 12.3 Å². The van der Waals surface area contributed by atoms with Crippen LogP contribution in [0.25, 0.3) is 0 Å². The molecule has 0 aliphatic heterocycles. The molecule has 0 aliphatic rings. The molecule has 1 heterocycles. The first-order chi connectivity index (χ1) is 5.13. The number of rotatable bonds is 1. The van der Waals surface area contributed by atoms with E-state index in [1.165, 1.54) is 0 Å². The van der Waals surface area contributed by atoms with E-state index in [1.54, 1.807) is 6.20 Å². The van der Waals surface area contributed by atoms with Gasteiger partial charge in [-0.25, -0.2) is 0 Å². The van der Waals surface area contributed by atoms with E-state index >= 15 is 0 Å². The zero-order valence-corrected chi connectivity index (χ0v) is 8.79. The van der Waals surface area contributed by atoms with E-state index in [0.29, 0.717) is 5.92 Å². The lowest BCUT2D eigenvalue weighted by atomic mass is 10.1. The predicted octanol–water partition coefficient (Wildman–Crippen LogP) is 2.39. The molecule has 1 aromatic rings. The SMILES string of the molecule is CC(C)c1nccc(I)c1N. The highest BCUT2D eigenvalue weighted by atomic mass is 127. The summed E-state index contributed by atoms with van der Waals surface area (Å²) in [6, 6.07) is 1.92. The summed E-state index contributed by atoms with van der Waals surface area (Å²) < 4.78 is 1.08. The molecule has 0 unspecified atom stereocenters. The Bertz CT molecular complexity index is 258. The Kier molecular flexibility index (Phi) is 2.70. The number of anilines is 1. The minimum absolute atomic E-state index is 0.407. The topological polar surface area (TPSA) is 38.9 Å². The maximum absolute atomic E-state index is 5.81. The zero-order chi connectivity index (χ0) is 8.43. The maximum Gasteiger partial charge on any atom is 0.0671 e. The minimum Gasteiger partial charge on any atom is -0.396 e. The number of hydrogen-bond donors (Lipinski definition) is 1. The molecular formula is C8H11IN2. The molecule has 0 bridgehead atoms. The lowest BCUT2D eigenvalue weighted by Crippen LogP contribution is -2.01. The molecule has 0 aromatic carbocycles. The van der Waals surface area contributed by atoms with Gasteiger partial charge in [-0.1, -0.05) is 13.8 Å². The molecule has 11 heavy (non-hydrogen) atoms. The Morgan fingerprint density at radius 1 is 1.55 bits per heavy atom. The first kappa shape index (κ1) is 8.77. The van der Waals surface area contributed by atoms with E-state index in [-0.39, 0.29) is 0 Å². The Hall–Kier alpha value is -0.320. The van der Waals surface area contributed by atoms with Gasteiger partial charge in [-0.2, -0.15) is 0 Å². The van der Waals surface area contributed by atoms with Crippen LogP contribution in [0.4, 0.5) is 5.69 Å². The van der Waals surface area contributed by atoms with Crippen molar-refractivity contribution in [3.8, 4) is 0 Å². The molecule has 0 amide bonds. The molecule has 0 saturated heterocycles. The van der Waals surface area contributed by atoms with E-state index in [9.17, 15) is 0 Å². The second kappa shape index (κ2) is 3.38. The maximum atomic E-state index is 5.81. The summed E-state index contributed by atoms with van der Waals surface area (Å²) in [4.78, 5) is 4.21. The molecule has 1 rings (SSSR count). The average Bonchev–Trinajstić information content (AvgIpc) is 1.94. The quantitative estimate of drug-likeness (QED) is 0.789. The number of nitrogen functional groups attached to an aromatic ring is 1. The van der Waals surface area contributed by atoms with Crippen molar-refractivity contribution >= 4 is 28.3 Å². The monoisotopic (exact) mass is 262 g/mol. The smallest absolute Gasteiger partial charge is 0.0671 e. The first-order valence-electron chi connectivity index (χ1n) is 3.52. The second-order valence-corrected chi connectivity index (χ2v) is 3.91. The van der Waals surface area contributed by atoms with E-state index in [0.717, 1.165) is 15.0 Å². The normalized spacial score (nSPS) is 10.5. The van der Waals surface area contributed by atoms with Crippen molar-refractivity contribution in [1.82, 2.24) is 4.98 Å². The van der Waals surface area contributed by atoms with Gasteiger partial charge in [0.1, 0.15) is 0 Å². The van der Waals surface area contributed by atoms with Crippen LogP contribution in [-0.4, -0.2) is 4.98 Å². The van der Waals surface area contributed by atoms with Gasteiger partial charge < -0.3 is 5.73 Å². The molecule has 0 fully saturated rings. The van der Waals surface area contributed by atoms with Gasteiger partial charge in [0.2, 0.25) is 0 Å². The summed E-state index contributed by atoms with van der Waals surface area (Å²) in [5, 5.41) is 0. The van der Waals surface area contributed by atoms with Crippen LogP contribution in [0.1, 0.15) is 25.5 Å². The first-order valence-corrected chi connectivity index (χ1v) is 4.60. The highest BCUT2D eigenvalue weighted by Gasteiger charge is 2.06. The molecule has 0 saturated carbocycles. The zero-order valence-electron chi connectivity index (χ0n) is 6.63. The average molecular weight is 262 g/mol. The third-order valence-electron chi connectivity index (χ3n) is 1.51. The molecule has 1 aromatic heterocycles.